The van der Waals surface area contributed by atoms with Crippen molar-refractivity contribution >= 4 is 17.6 Å². The number of hydrogen-bond acceptors (Lipinski definition) is 5. The van der Waals surface area contributed by atoms with E-state index in [4.69, 9.17) is 9.47 Å². The molecule has 9 heteroatoms. The Morgan fingerprint density at radius 2 is 1.74 bits per heavy atom. The summed E-state index contributed by atoms with van der Waals surface area (Å²) in [5.74, 6) is -2.03. The van der Waals surface area contributed by atoms with Crippen molar-refractivity contribution in [3.63, 3.8) is 0 Å². The van der Waals surface area contributed by atoms with Crippen molar-refractivity contribution in [1.29, 1.82) is 0 Å². The lowest BCUT2D eigenvalue weighted by Gasteiger charge is -2.31. The van der Waals surface area contributed by atoms with Crippen molar-refractivity contribution in [3.8, 4) is 11.5 Å². The van der Waals surface area contributed by atoms with E-state index in [1.807, 2.05) is 0 Å². The highest BCUT2D eigenvalue weighted by molar-refractivity contribution is 5.98. The largest absolute Gasteiger partial charge is 0.454 e. The van der Waals surface area contributed by atoms with Gasteiger partial charge in [0.05, 0.1) is 12.1 Å². The molecule has 2 heterocycles. The summed E-state index contributed by atoms with van der Waals surface area (Å²) in [6.45, 7) is 0.506. The van der Waals surface area contributed by atoms with Crippen LogP contribution in [0, 0.1) is 17.6 Å². The standard InChI is InChI=1S/C22H20F2N2O5/c23-15-2-3-17(24)16(10-15)21(28)13-5-7-26(8-6-13)20(27)11-25-22(29)14-1-4-18-19(9-14)31-12-30-18/h1-4,9-10,13H,5-8,11-12H2,(H,25,29). The number of rotatable bonds is 5. The number of amides is 2. The van der Waals surface area contributed by atoms with Gasteiger partial charge < -0.3 is 19.7 Å². The van der Waals surface area contributed by atoms with E-state index in [9.17, 15) is 23.2 Å². The van der Waals surface area contributed by atoms with E-state index in [1.165, 1.54) is 0 Å². The van der Waals surface area contributed by atoms with E-state index in [1.54, 1.807) is 23.1 Å². The molecule has 1 saturated heterocycles. The molecule has 2 amide bonds. The van der Waals surface area contributed by atoms with Crippen LogP contribution in [0.4, 0.5) is 8.78 Å². The summed E-state index contributed by atoms with van der Waals surface area (Å²) in [5.41, 5.74) is 0.0826. The second-order valence-electron chi connectivity index (χ2n) is 7.39. The summed E-state index contributed by atoms with van der Waals surface area (Å²) in [6.07, 6.45) is 0.688. The molecule has 0 spiro atoms. The van der Waals surface area contributed by atoms with Crippen molar-refractivity contribution in [2.45, 2.75) is 12.8 Å². The predicted molar refractivity (Wildman–Crippen MR) is 105 cm³/mol. The fraction of sp³-hybridized carbons (Fsp3) is 0.318. The molecule has 0 radical (unpaired) electrons. The molecule has 0 atom stereocenters. The Balaban J connectivity index is 1.28. The Hall–Kier alpha value is -3.49. The molecule has 2 aliphatic heterocycles. The number of carbonyl (C=O) groups excluding carboxylic acids is 3. The number of nitrogens with one attached hydrogen (secondary N) is 1. The second kappa shape index (κ2) is 8.71. The summed E-state index contributed by atoms with van der Waals surface area (Å²) in [7, 11) is 0. The highest BCUT2D eigenvalue weighted by Crippen LogP contribution is 2.32. The normalized spacial score (nSPS) is 15.6. The summed E-state index contributed by atoms with van der Waals surface area (Å²) in [4.78, 5) is 38.8. The number of halogens is 2. The molecule has 0 saturated carbocycles. The van der Waals surface area contributed by atoms with Crippen LogP contribution in [-0.2, 0) is 4.79 Å². The summed E-state index contributed by atoms with van der Waals surface area (Å²) < 4.78 is 37.7. The Morgan fingerprint density at radius 3 is 2.52 bits per heavy atom. The number of benzene rings is 2. The second-order valence-corrected chi connectivity index (χ2v) is 7.39. The smallest absolute Gasteiger partial charge is 0.251 e. The number of piperidine rings is 1. The van der Waals surface area contributed by atoms with Crippen LogP contribution in [-0.4, -0.2) is 48.9 Å². The molecular formula is C22H20F2N2O5. The molecule has 1 fully saturated rings. The van der Waals surface area contributed by atoms with Crippen molar-refractivity contribution in [3.05, 3.63) is 59.2 Å². The zero-order valence-electron chi connectivity index (χ0n) is 16.5. The molecule has 7 nitrogen and oxygen atoms in total. The predicted octanol–water partition coefficient (Wildman–Crippen LogP) is 2.54. The van der Waals surface area contributed by atoms with Crippen molar-refractivity contribution < 1.29 is 32.6 Å². The van der Waals surface area contributed by atoms with Crippen molar-refractivity contribution in [2.75, 3.05) is 26.4 Å². The number of carbonyl (C=O) groups is 3. The average molecular weight is 430 g/mol. The monoisotopic (exact) mass is 430 g/mol. The number of ketones is 1. The molecular weight excluding hydrogens is 410 g/mol. The number of Topliss-reactive ketones (excluding diaryl/α,β-unsaturated/α-hetero) is 1. The van der Waals surface area contributed by atoms with E-state index in [0.29, 0.717) is 43.0 Å². The molecule has 0 bridgehead atoms. The summed E-state index contributed by atoms with van der Waals surface area (Å²) >= 11 is 0. The SMILES string of the molecule is O=C(NCC(=O)N1CCC(C(=O)c2cc(F)ccc2F)CC1)c1ccc2c(c1)OCO2. The van der Waals surface area contributed by atoms with Gasteiger partial charge in [0.1, 0.15) is 11.6 Å². The lowest BCUT2D eigenvalue weighted by atomic mass is 9.88. The molecule has 0 aromatic heterocycles. The Bertz CT molecular complexity index is 1030. The number of likely N-dealkylation sites (tertiary alicyclic amines) is 1. The average Bonchev–Trinajstić information content (AvgIpc) is 3.26. The van der Waals surface area contributed by atoms with Gasteiger partial charge in [-0.1, -0.05) is 0 Å². The number of nitrogens with zero attached hydrogens (tertiary/aromatic N) is 1. The molecule has 2 aromatic carbocycles. The third-order valence-corrected chi connectivity index (χ3v) is 5.45. The third-order valence-electron chi connectivity index (χ3n) is 5.45. The van der Waals surface area contributed by atoms with E-state index in [2.05, 4.69) is 5.32 Å². The van der Waals surface area contributed by atoms with E-state index in [0.717, 1.165) is 18.2 Å². The number of fused-ring (bicyclic) bond motifs is 1. The van der Waals surface area contributed by atoms with Gasteiger partial charge in [0.15, 0.2) is 17.3 Å². The van der Waals surface area contributed by atoms with Gasteiger partial charge in [-0.05, 0) is 49.2 Å². The maximum atomic E-state index is 13.9. The van der Waals surface area contributed by atoms with Gasteiger partial charge in [0.25, 0.3) is 5.91 Å². The van der Waals surface area contributed by atoms with Gasteiger partial charge in [-0.2, -0.15) is 0 Å². The van der Waals surface area contributed by atoms with Crippen LogP contribution in [0.3, 0.4) is 0 Å². The van der Waals surface area contributed by atoms with Gasteiger partial charge in [-0.15, -0.1) is 0 Å². The first kappa shape index (κ1) is 20.8. The van der Waals surface area contributed by atoms with Gasteiger partial charge in [-0.25, -0.2) is 8.78 Å². The van der Waals surface area contributed by atoms with Gasteiger partial charge >= 0.3 is 0 Å². The minimum absolute atomic E-state index is 0.100. The minimum atomic E-state index is -0.754. The first-order valence-electron chi connectivity index (χ1n) is 9.87. The number of ether oxygens (including phenoxy) is 2. The first-order chi connectivity index (χ1) is 14.9. The minimum Gasteiger partial charge on any atom is -0.454 e. The maximum Gasteiger partial charge on any atom is 0.251 e. The van der Waals surface area contributed by atoms with Crippen LogP contribution >= 0.6 is 0 Å². The van der Waals surface area contributed by atoms with Crippen LogP contribution < -0.4 is 14.8 Å². The molecule has 0 unspecified atom stereocenters. The summed E-state index contributed by atoms with van der Waals surface area (Å²) in [6, 6.07) is 7.55. The lowest BCUT2D eigenvalue weighted by Crippen LogP contribution is -2.45. The Morgan fingerprint density at radius 1 is 1.00 bits per heavy atom. The van der Waals surface area contributed by atoms with Gasteiger partial charge in [-0.3, -0.25) is 14.4 Å². The molecule has 1 N–H and O–H groups in total. The van der Waals surface area contributed by atoms with Crippen molar-refractivity contribution in [1.82, 2.24) is 10.2 Å². The maximum absolute atomic E-state index is 13.9. The lowest BCUT2D eigenvalue weighted by molar-refractivity contribution is -0.131. The van der Waals surface area contributed by atoms with Gasteiger partial charge in [0, 0.05) is 24.6 Å². The van der Waals surface area contributed by atoms with Crippen LogP contribution in [0.2, 0.25) is 0 Å². The molecule has 4 rings (SSSR count). The summed E-state index contributed by atoms with van der Waals surface area (Å²) in [5, 5.41) is 2.58. The fourth-order valence-corrected chi connectivity index (χ4v) is 3.70. The fourth-order valence-electron chi connectivity index (χ4n) is 3.70. The highest BCUT2D eigenvalue weighted by Gasteiger charge is 2.29. The zero-order chi connectivity index (χ0) is 22.0. The van der Waals surface area contributed by atoms with Crippen LogP contribution in [0.25, 0.3) is 0 Å². The number of hydrogen-bond donors (Lipinski definition) is 1. The topological polar surface area (TPSA) is 84.9 Å². The molecule has 31 heavy (non-hydrogen) atoms. The van der Waals surface area contributed by atoms with E-state index >= 15 is 0 Å². The van der Waals surface area contributed by atoms with Crippen LogP contribution in [0.1, 0.15) is 33.6 Å². The van der Waals surface area contributed by atoms with E-state index in [-0.39, 0.29) is 24.8 Å². The van der Waals surface area contributed by atoms with E-state index < -0.39 is 29.2 Å². The first-order valence-corrected chi connectivity index (χ1v) is 9.87. The van der Waals surface area contributed by atoms with Crippen molar-refractivity contribution in [2.24, 2.45) is 5.92 Å². The molecule has 162 valence electrons. The Kier molecular flexibility index (Phi) is 5.83. The molecule has 2 aromatic rings. The quantitative estimate of drug-likeness (QED) is 0.737. The Labute approximate surface area is 176 Å². The van der Waals surface area contributed by atoms with Crippen LogP contribution in [0.15, 0.2) is 36.4 Å². The zero-order valence-corrected chi connectivity index (χ0v) is 16.5. The van der Waals surface area contributed by atoms with Crippen LogP contribution in [0.5, 0.6) is 11.5 Å². The third kappa shape index (κ3) is 4.50. The van der Waals surface area contributed by atoms with Gasteiger partial charge in [0.2, 0.25) is 12.7 Å². The highest BCUT2D eigenvalue weighted by atomic mass is 19.1. The molecule has 0 aliphatic carbocycles. The molecule has 2 aliphatic rings.